The third-order valence-electron chi connectivity index (χ3n) is 3.27. The molecule has 1 saturated heterocycles. The van der Waals surface area contributed by atoms with Crippen LogP contribution in [0.25, 0.3) is 0 Å². The Bertz CT molecular complexity index is 470. The number of amides is 2. The van der Waals surface area contributed by atoms with Gasteiger partial charge in [-0.15, -0.1) is 12.4 Å². The van der Waals surface area contributed by atoms with Crippen LogP contribution in [0, 0.1) is 0 Å². The molecule has 3 N–H and O–H groups in total. The fraction of sp³-hybridized carbons (Fsp3) is 0.429. The summed E-state index contributed by atoms with van der Waals surface area (Å²) < 4.78 is 5.25. The Morgan fingerprint density at radius 1 is 1.33 bits per heavy atom. The van der Waals surface area contributed by atoms with Crippen LogP contribution in [0.5, 0.6) is 0 Å². The van der Waals surface area contributed by atoms with Crippen LogP contribution < -0.4 is 11.1 Å². The number of halogens is 1. The highest BCUT2D eigenvalue weighted by Crippen LogP contribution is 2.18. The fourth-order valence-electron chi connectivity index (χ4n) is 2.28. The Balaban J connectivity index is 0.00000220. The van der Waals surface area contributed by atoms with E-state index in [1.807, 2.05) is 30.3 Å². The van der Waals surface area contributed by atoms with Gasteiger partial charge in [-0.25, -0.2) is 4.79 Å². The van der Waals surface area contributed by atoms with Gasteiger partial charge in [0.1, 0.15) is 12.6 Å². The average molecular weight is 314 g/mol. The minimum absolute atomic E-state index is 0. The molecule has 6 nitrogen and oxygen atoms in total. The molecule has 0 saturated carbocycles. The summed E-state index contributed by atoms with van der Waals surface area (Å²) in [4.78, 5) is 25.3. The Kier molecular flexibility index (Phi) is 6.98. The molecule has 1 atom stereocenters. The van der Waals surface area contributed by atoms with Crippen molar-refractivity contribution in [3.8, 4) is 0 Å². The van der Waals surface area contributed by atoms with Crippen molar-refractivity contribution in [1.82, 2.24) is 10.2 Å². The van der Waals surface area contributed by atoms with Gasteiger partial charge in [0.25, 0.3) is 0 Å². The summed E-state index contributed by atoms with van der Waals surface area (Å²) >= 11 is 0. The minimum atomic E-state index is -0.471. The molecule has 116 valence electrons. The van der Waals surface area contributed by atoms with E-state index in [1.165, 1.54) is 4.90 Å². The summed E-state index contributed by atoms with van der Waals surface area (Å²) in [5.41, 5.74) is 6.21. The number of ether oxygens (including phenoxy) is 1. The van der Waals surface area contributed by atoms with Crippen molar-refractivity contribution >= 4 is 24.4 Å². The zero-order chi connectivity index (χ0) is 14.4. The first kappa shape index (κ1) is 17.3. The molecule has 1 aromatic rings. The highest BCUT2D eigenvalue weighted by molar-refractivity contribution is 5.86. The molecule has 0 unspecified atom stereocenters. The molecular weight excluding hydrogens is 294 g/mol. The first-order chi connectivity index (χ1) is 9.72. The van der Waals surface area contributed by atoms with E-state index < -0.39 is 12.1 Å². The molecule has 2 amide bonds. The zero-order valence-electron chi connectivity index (χ0n) is 11.7. The Hall–Kier alpha value is -1.79. The maximum Gasteiger partial charge on any atom is 0.410 e. The first-order valence-electron chi connectivity index (χ1n) is 6.67. The zero-order valence-corrected chi connectivity index (χ0v) is 12.5. The predicted octanol–water partition coefficient (Wildman–Crippen LogP) is 1.24. The number of likely N-dealkylation sites (tertiary alicyclic amines) is 1. The van der Waals surface area contributed by atoms with Crippen LogP contribution in [-0.2, 0) is 16.1 Å². The van der Waals surface area contributed by atoms with Crippen LogP contribution in [-0.4, -0.2) is 36.2 Å². The second-order valence-corrected chi connectivity index (χ2v) is 4.64. The minimum Gasteiger partial charge on any atom is -0.445 e. The van der Waals surface area contributed by atoms with Crippen LogP contribution in [0.2, 0.25) is 0 Å². The lowest BCUT2D eigenvalue weighted by Crippen LogP contribution is -2.47. The van der Waals surface area contributed by atoms with Gasteiger partial charge in [-0.2, -0.15) is 0 Å². The lowest BCUT2D eigenvalue weighted by atomic mass is 10.2. The second-order valence-electron chi connectivity index (χ2n) is 4.64. The molecule has 0 aliphatic carbocycles. The van der Waals surface area contributed by atoms with Gasteiger partial charge in [-0.05, 0) is 18.4 Å². The molecule has 21 heavy (non-hydrogen) atoms. The Morgan fingerprint density at radius 3 is 2.71 bits per heavy atom. The lowest BCUT2D eigenvalue weighted by molar-refractivity contribution is -0.125. The van der Waals surface area contributed by atoms with Gasteiger partial charge in [0, 0.05) is 6.54 Å². The van der Waals surface area contributed by atoms with Crippen LogP contribution in [0.15, 0.2) is 30.3 Å². The summed E-state index contributed by atoms with van der Waals surface area (Å²) in [5.74, 6) is -0.221. The van der Waals surface area contributed by atoms with E-state index in [0.717, 1.165) is 12.0 Å². The first-order valence-corrected chi connectivity index (χ1v) is 6.67. The van der Waals surface area contributed by atoms with Gasteiger partial charge in [-0.1, -0.05) is 30.3 Å². The summed E-state index contributed by atoms with van der Waals surface area (Å²) in [7, 11) is 0. The second kappa shape index (κ2) is 8.49. The number of nitrogens with zero attached hydrogens (tertiary/aromatic N) is 1. The fourth-order valence-corrected chi connectivity index (χ4v) is 2.28. The maximum atomic E-state index is 12.0. The van der Waals surface area contributed by atoms with Crippen molar-refractivity contribution in [3.63, 3.8) is 0 Å². The van der Waals surface area contributed by atoms with Crippen molar-refractivity contribution in [1.29, 1.82) is 0 Å². The normalized spacial score (nSPS) is 17.0. The quantitative estimate of drug-likeness (QED) is 0.819. The summed E-state index contributed by atoms with van der Waals surface area (Å²) in [5, 5.41) is 2.54. The largest absolute Gasteiger partial charge is 0.445 e. The third-order valence-corrected chi connectivity index (χ3v) is 3.27. The Morgan fingerprint density at radius 2 is 2.05 bits per heavy atom. The van der Waals surface area contributed by atoms with E-state index >= 15 is 0 Å². The molecule has 1 aromatic carbocycles. The number of benzene rings is 1. The smallest absolute Gasteiger partial charge is 0.410 e. The van der Waals surface area contributed by atoms with Gasteiger partial charge >= 0.3 is 6.09 Å². The average Bonchev–Trinajstić information content (AvgIpc) is 2.96. The summed E-state index contributed by atoms with van der Waals surface area (Å²) in [6, 6.07) is 8.97. The van der Waals surface area contributed by atoms with Crippen molar-refractivity contribution < 1.29 is 14.3 Å². The van der Waals surface area contributed by atoms with Crippen molar-refractivity contribution in [3.05, 3.63) is 35.9 Å². The monoisotopic (exact) mass is 313 g/mol. The summed E-state index contributed by atoms with van der Waals surface area (Å²) in [6.07, 6.45) is 0.985. The highest BCUT2D eigenvalue weighted by atomic mass is 35.5. The van der Waals surface area contributed by atoms with E-state index in [0.29, 0.717) is 13.0 Å². The molecule has 1 aliphatic heterocycles. The highest BCUT2D eigenvalue weighted by Gasteiger charge is 2.34. The number of nitrogens with one attached hydrogen (secondary N) is 1. The van der Waals surface area contributed by atoms with E-state index in [4.69, 9.17) is 10.5 Å². The molecule has 1 heterocycles. The number of hydrogen-bond acceptors (Lipinski definition) is 4. The standard InChI is InChI=1S/C14H19N3O3.ClH/c15-10-16-13(18)12-7-4-8-17(12)14(19)20-9-11-5-2-1-3-6-11;/h1-3,5-6,12H,4,7-10,15H2,(H,16,18);1H/t12-;/m0./s1. The number of hydrogen-bond donors (Lipinski definition) is 2. The van der Waals surface area contributed by atoms with Gasteiger partial charge in [-0.3, -0.25) is 9.69 Å². The number of nitrogens with two attached hydrogens (primary N) is 1. The summed E-state index contributed by atoms with van der Waals surface area (Å²) in [6.45, 7) is 0.819. The molecule has 7 heteroatoms. The van der Waals surface area contributed by atoms with Gasteiger partial charge in [0.05, 0.1) is 6.67 Å². The van der Waals surface area contributed by atoms with Crippen molar-refractivity contribution in [2.45, 2.75) is 25.5 Å². The van der Waals surface area contributed by atoms with E-state index in [-0.39, 0.29) is 31.6 Å². The van der Waals surface area contributed by atoms with Crippen LogP contribution in [0.3, 0.4) is 0 Å². The maximum absolute atomic E-state index is 12.0. The molecule has 2 rings (SSSR count). The number of carbonyl (C=O) groups is 2. The molecule has 0 radical (unpaired) electrons. The molecular formula is C14H20ClN3O3. The predicted molar refractivity (Wildman–Crippen MR) is 80.8 cm³/mol. The molecule has 1 fully saturated rings. The molecule has 0 bridgehead atoms. The van der Waals surface area contributed by atoms with E-state index in [2.05, 4.69) is 5.32 Å². The number of rotatable bonds is 4. The topological polar surface area (TPSA) is 84.7 Å². The van der Waals surface area contributed by atoms with Crippen LogP contribution in [0.4, 0.5) is 4.79 Å². The van der Waals surface area contributed by atoms with Crippen molar-refractivity contribution in [2.75, 3.05) is 13.2 Å². The Labute approximate surface area is 130 Å². The molecule has 0 spiro atoms. The SMILES string of the molecule is Cl.NCNC(=O)[C@@H]1CCCN1C(=O)OCc1ccccc1. The third kappa shape index (κ3) is 4.61. The van der Waals surface area contributed by atoms with Crippen molar-refractivity contribution in [2.24, 2.45) is 5.73 Å². The van der Waals surface area contributed by atoms with E-state index in [9.17, 15) is 9.59 Å². The van der Waals surface area contributed by atoms with Crippen LogP contribution >= 0.6 is 12.4 Å². The molecule has 0 aromatic heterocycles. The molecule has 1 aliphatic rings. The van der Waals surface area contributed by atoms with Gasteiger partial charge in [0.15, 0.2) is 0 Å². The lowest BCUT2D eigenvalue weighted by Gasteiger charge is -2.23. The number of carbonyl (C=O) groups excluding carboxylic acids is 2. The van der Waals surface area contributed by atoms with Crippen LogP contribution in [0.1, 0.15) is 18.4 Å². The van der Waals surface area contributed by atoms with Gasteiger partial charge in [0.2, 0.25) is 5.91 Å². The van der Waals surface area contributed by atoms with E-state index in [1.54, 1.807) is 0 Å². The van der Waals surface area contributed by atoms with Gasteiger partial charge < -0.3 is 15.8 Å².